The van der Waals surface area contributed by atoms with E-state index in [2.05, 4.69) is 29.1 Å². The Kier molecular flexibility index (Phi) is 3.92. The van der Waals surface area contributed by atoms with Crippen LogP contribution >= 0.6 is 0 Å². The number of fused-ring (bicyclic) bond motifs is 2. The van der Waals surface area contributed by atoms with Crippen LogP contribution in [0.3, 0.4) is 0 Å². The van der Waals surface area contributed by atoms with Gasteiger partial charge in [0.1, 0.15) is 5.82 Å². The van der Waals surface area contributed by atoms with E-state index >= 15 is 0 Å². The fraction of sp³-hybridized carbons (Fsp3) is 0.375. The lowest BCUT2D eigenvalue weighted by atomic mass is 9.71. The minimum absolute atomic E-state index is 0.00244. The number of hydrogen-bond donors (Lipinski definition) is 2. The molecule has 3 atom stereocenters. The number of carbonyl (C=O) groups is 2. The van der Waals surface area contributed by atoms with Crippen molar-refractivity contribution in [3.05, 3.63) is 53.6 Å². The van der Waals surface area contributed by atoms with Crippen LogP contribution in [0.4, 0.5) is 0 Å². The van der Waals surface area contributed by atoms with Crippen LogP contribution in [0.5, 0.6) is 0 Å². The quantitative estimate of drug-likeness (QED) is 0.629. The molecule has 0 spiro atoms. The molecule has 2 fully saturated rings. The van der Waals surface area contributed by atoms with Crippen LogP contribution in [-0.4, -0.2) is 27.7 Å². The number of H-pyrrole nitrogens is 1. The van der Waals surface area contributed by atoms with Crippen molar-refractivity contribution < 1.29 is 9.59 Å². The first-order valence-electron chi connectivity index (χ1n) is 10.3. The molecule has 0 aliphatic heterocycles. The number of amides is 1. The minimum atomic E-state index is 0.00244. The maximum Gasteiger partial charge on any atom is 0.251 e. The van der Waals surface area contributed by atoms with Crippen molar-refractivity contribution in [1.29, 1.82) is 0 Å². The highest BCUT2D eigenvalue weighted by molar-refractivity contribution is 5.98. The van der Waals surface area contributed by atoms with Gasteiger partial charge >= 0.3 is 0 Å². The Morgan fingerprint density at radius 1 is 1.14 bits per heavy atom. The van der Waals surface area contributed by atoms with Crippen LogP contribution in [0.1, 0.15) is 54.3 Å². The number of nitrogens with one attached hydrogen (secondary N) is 2. The van der Waals surface area contributed by atoms with E-state index in [0.29, 0.717) is 28.5 Å². The van der Waals surface area contributed by atoms with Gasteiger partial charge in [0, 0.05) is 22.7 Å². The molecule has 0 bridgehead atoms. The molecular formula is C24H25N3O2. The Bertz CT molecular complexity index is 1130. The number of rotatable bonds is 5. The van der Waals surface area contributed by atoms with Crippen molar-refractivity contribution >= 4 is 22.7 Å². The van der Waals surface area contributed by atoms with Gasteiger partial charge in [-0.05, 0) is 67.3 Å². The van der Waals surface area contributed by atoms with E-state index in [9.17, 15) is 9.59 Å². The second-order valence-corrected chi connectivity index (χ2v) is 8.88. The first kappa shape index (κ1) is 18.1. The van der Waals surface area contributed by atoms with Crippen molar-refractivity contribution in [1.82, 2.24) is 15.3 Å². The number of imidazole rings is 1. The van der Waals surface area contributed by atoms with E-state index in [4.69, 9.17) is 0 Å². The summed E-state index contributed by atoms with van der Waals surface area (Å²) >= 11 is 0. The molecule has 0 radical (unpaired) electrons. The van der Waals surface area contributed by atoms with Gasteiger partial charge in [0.25, 0.3) is 5.91 Å². The Hall–Kier alpha value is -2.95. The summed E-state index contributed by atoms with van der Waals surface area (Å²) in [6, 6.07) is 13.3. The molecule has 29 heavy (non-hydrogen) atoms. The van der Waals surface area contributed by atoms with Crippen molar-refractivity contribution in [2.45, 2.75) is 39.7 Å². The number of carbonyl (C=O) groups excluding carboxylic acids is 2. The summed E-state index contributed by atoms with van der Waals surface area (Å²) in [5.41, 5.74) is 4.24. The third-order valence-electron chi connectivity index (χ3n) is 7.06. The van der Waals surface area contributed by atoms with E-state index in [1.807, 2.05) is 36.4 Å². The van der Waals surface area contributed by atoms with Crippen molar-refractivity contribution in [3.8, 4) is 11.4 Å². The number of nitrogens with zero attached hydrogens (tertiary/aromatic N) is 1. The van der Waals surface area contributed by atoms with Gasteiger partial charge in [0.15, 0.2) is 5.78 Å². The Morgan fingerprint density at radius 2 is 1.86 bits per heavy atom. The molecule has 3 unspecified atom stereocenters. The van der Waals surface area contributed by atoms with E-state index in [1.54, 1.807) is 13.0 Å². The third-order valence-corrected chi connectivity index (χ3v) is 7.06. The number of aromatic nitrogens is 2. The van der Waals surface area contributed by atoms with E-state index in [0.717, 1.165) is 34.8 Å². The van der Waals surface area contributed by atoms with Gasteiger partial charge in [-0.2, -0.15) is 0 Å². The number of hydrogen-bond acceptors (Lipinski definition) is 3. The van der Waals surface area contributed by atoms with Crippen molar-refractivity contribution in [3.63, 3.8) is 0 Å². The zero-order chi connectivity index (χ0) is 20.3. The van der Waals surface area contributed by atoms with Gasteiger partial charge in [-0.15, -0.1) is 0 Å². The Labute approximate surface area is 169 Å². The molecule has 0 saturated heterocycles. The standard InChI is InChI=1S/C24H25N3O2/c1-13(2)24-12-18(24)11-21(24)27-23(29)16-6-4-15(5-7-16)22-25-19-9-8-17(14(3)28)10-20(19)26-22/h4-10,13,18,21H,11-12H2,1-3H3,(H,25,26)(H,27,29). The minimum Gasteiger partial charge on any atom is -0.349 e. The van der Waals surface area contributed by atoms with Gasteiger partial charge in [-0.1, -0.05) is 26.0 Å². The number of Topliss-reactive ketones (excluding diaryl/α,β-unsaturated/α-hetero) is 1. The summed E-state index contributed by atoms with van der Waals surface area (Å²) in [5, 5.41) is 3.25. The molecule has 5 rings (SSSR count). The molecule has 2 aromatic carbocycles. The summed E-state index contributed by atoms with van der Waals surface area (Å²) in [6.45, 7) is 6.08. The van der Waals surface area contributed by atoms with E-state index < -0.39 is 0 Å². The molecule has 1 amide bonds. The average molecular weight is 387 g/mol. The summed E-state index contributed by atoms with van der Waals surface area (Å²) in [7, 11) is 0. The van der Waals surface area contributed by atoms with Crippen LogP contribution in [-0.2, 0) is 0 Å². The van der Waals surface area contributed by atoms with Gasteiger partial charge < -0.3 is 10.3 Å². The first-order valence-corrected chi connectivity index (χ1v) is 10.3. The number of aromatic amines is 1. The van der Waals surface area contributed by atoms with Gasteiger partial charge in [-0.3, -0.25) is 9.59 Å². The van der Waals surface area contributed by atoms with Crippen LogP contribution in [0.25, 0.3) is 22.4 Å². The summed E-state index contributed by atoms with van der Waals surface area (Å²) in [6.07, 6.45) is 2.37. The molecule has 1 aromatic heterocycles. The lowest BCUT2D eigenvalue weighted by Crippen LogP contribution is -2.50. The van der Waals surface area contributed by atoms with E-state index in [-0.39, 0.29) is 11.7 Å². The zero-order valence-corrected chi connectivity index (χ0v) is 17.0. The van der Waals surface area contributed by atoms with Gasteiger partial charge in [-0.25, -0.2) is 4.98 Å². The largest absolute Gasteiger partial charge is 0.349 e. The highest BCUT2D eigenvalue weighted by atomic mass is 16.1. The second kappa shape index (κ2) is 6.28. The van der Waals surface area contributed by atoms with Gasteiger partial charge in [0.2, 0.25) is 0 Å². The molecule has 5 heteroatoms. The fourth-order valence-electron chi connectivity index (χ4n) is 5.13. The predicted molar refractivity (Wildman–Crippen MR) is 113 cm³/mol. The Morgan fingerprint density at radius 3 is 2.48 bits per heavy atom. The first-order chi connectivity index (χ1) is 13.9. The molecule has 5 nitrogen and oxygen atoms in total. The molecule has 1 heterocycles. The summed E-state index contributed by atoms with van der Waals surface area (Å²) in [5.74, 6) is 2.19. The lowest BCUT2D eigenvalue weighted by Gasteiger charge is -2.40. The van der Waals surface area contributed by atoms with Crippen LogP contribution in [0, 0.1) is 17.3 Å². The second-order valence-electron chi connectivity index (χ2n) is 8.88. The fourth-order valence-corrected chi connectivity index (χ4v) is 5.13. The van der Waals surface area contributed by atoms with Crippen LogP contribution in [0.15, 0.2) is 42.5 Å². The normalized spacial score (nSPS) is 24.8. The molecule has 2 aliphatic rings. The molecule has 2 saturated carbocycles. The average Bonchev–Trinajstić information content (AvgIpc) is 3.10. The lowest BCUT2D eigenvalue weighted by molar-refractivity contribution is 0.0801. The number of ketones is 1. The third kappa shape index (κ3) is 2.79. The number of benzene rings is 2. The monoisotopic (exact) mass is 387 g/mol. The summed E-state index contributed by atoms with van der Waals surface area (Å²) in [4.78, 5) is 32.2. The van der Waals surface area contributed by atoms with Crippen LogP contribution in [0.2, 0.25) is 0 Å². The van der Waals surface area contributed by atoms with E-state index in [1.165, 1.54) is 6.42 Å². The molecule has 2 N–H and O–H groups in total. The molecule has 148 valence electrons. The summed E-state index contributed by atoms with van der Waals surface area (Å²) < 4.78 is 0. The topological polar surface area (TPSA) is 74.8 Å². The zero-order valence-electron chi connectivity index (χ0n) is 17.0. The molecule has 3 aromatic rings. The van der Waals surface area contributed by atoms with Gasteiger partial charge in [0.05, 0.1) is 11.0 Å². The van der Waals surface area contributed by atoms with Crippen molar-refractivity contribution in [2.75, 3.05) is 0 Å². The van der Waals surface area contributed by atoms with Crippen molar-refractivity contribution in [2.24, 2.45) is 17.3 Å². The highest BCUT2D eigenvalue weighted by Crippen LogP contribution is 2.71. The predicted octanol–water partition coefficient (Wildman–Crippen LogP) is 4.60. The molecular weight excluding hydrogens is 362 g/mol. The SMILES string of the molecule is CC(=O)c1ccc2nc(-c3ccc(C(=O)NC4CC5CC54C(C)C)cc3)[nH]c2c1. The Balaban J connectivity index is 1.33. The van der Waals surface area contributed by atoms with Crippen LogP contribution < -0.4 is 5.32 Å². The highest BCUT2D eigenvalue weighted by Gasteiger charge is 2.69. The maximum absolute atomic E-state index is 12.7. The maximum atomic E-state index is 12.7. The smallest absolute Gasteiger partial charge is 0.251 e. The molecule has 2 aliphatic carbocycles.